The van der Waals surface area contributed by atoms with Crippen molar-refractivity contribution in [3.8, 4) is 0 Å². The van der Waals surface area contributed by atoms with Crippen molar-refractivity contribution >= 4 is 30.9 Å². The minimum absolute atomic E-state index is 0.0118. The molecular weight excluding hydrogens is 246 g/mol. The number of hydrogen-bond donors (Lipinski definition) is 1. The molecule has 0 aromatic carbocycles. The van der Waals surface area contributed by atoms with Crippen LogP contribution in [0.3, 0.4) is 0 Å². The average Bonchev–Trinajstić information content (AvgIpc) is 2.40. The molecule has 4 nitrogen and oxygen atoms in total. The molecule has 0 bridgehead atoms. The first-order valence-corrected chi connectivity index (χ1v) is 5.84. The quantitative estimate of drug-likeness (QED) is 0.613. The molecule has 0 aromatic rings. The van der Waals surface area contributed by atoms with E-state index in [4.69, 9.17) is 38.3 Å². The number of hydrogen-bond acceptors (Lipinski definition) is 2. The Balaban J connectivity index is 3.60. The zero-order chi connectivity index (χ0) is 20.3. The molecule has 0 amide bonds. The lowest BCUT2D eigenvalue weighted by atomic mass is 10.5. The van der Waals surface area contributed by atoms with Gasteiger partial charge in [-0.05, 0) is 6.37 Å². The molecule has 84 valence electrons. The summed E-state index contributed by atoms with van der Waals surface area (Å²) in [5.74, 6) is -3.66. The number of alkyl halides is 2. The number of nitrogens with one attached hydrogen (secondary N) is 1. The molecule has 1 atom stereocenters. The van der Waals surface area contributed by atoms with Crippen molar-refractivity contribution < 1.29 is 24.2 Å². The fourth-order valence-corrected chi connectivity index (χ4v) is 2.19. The topological polar surface area (TPSA) is 41.6 Å². The second-order valence-electron chi connectivity index (χ2n) is 2.00. The van der Waals surface area contributed by atoms with E-state index in [1.54, 1.807) is 0 Å². The fourth-order valence-electron chi connectivity index (χ4n) is 0.677. The van der Waals surface area contributed by atoms with E-state index < -0.39 is 56.9 Å². The summed E-state index contributed by atoms with van der Waals surface area (Å²) in [6.07, 6.45) is -3.46. The average molecular weight is 272 g/mol. The van der Waals surface area contributed by atoms with Crippen LogP contribution in [0.25, 0.3) is 0 Å². The lowest BCUT2D eigenvalue weighted by molar-refractivity contribution is 0.233. The van der Waals surface area contributed by atoms with E-state index in [2.05, 4.69) is 4.52 Å². The maximum Gasteiger partial charge on any atom is 0.343 e. The van der Waals surface area contributed by atoms with Crippen molar-refractivity contribution in [2.75, 3.05) is 37.8 Å². The minimum atomic E-state index is -5.31. The Morgan fingerprint density at radius 2 is 2.57 bits per heavy atom. The van der Waals surface area contributed by atoms with Crippen molar-refractivity contribution in [3.05, 3.63) is 0 Å². The largest absolute Gasteiger partial charge is 0.343 e. The highest BCUT2D eigenvalue weighted by Crippen LogP contribution is 2.47. The number of nitrogens with zero attached hydrogens (tertiary/aromatic N) is 1. The van der Waals surface area contributed by atoms with E-state index in [0.717, 1.165) is 0 Å². The van der Waals surface area contributed by atoms with Crippen LogP contribution in [0, 0.1) is 0 Å². The van der Waals surface area contributed by atoms with E-state index in [-0.39, 0.29) is 4.67 Å². The van der Waals surface area contributed by atoms with Crippen LogP contribution in [0.2, 0.25) is 1.41 Å². The smallest absolute Gasteiger partial charge is 0.306 e. The Kier molecular flexibility index (Phi) is 1.88. The van der Waals surface area contributed by atoms with Crippen LogP contribution >= 0.6 is 30.9 Å². The highest BCUT2D eigenvalue weighted by atomic mass is 35.5. The number of halogens is 2. The first kappa shape index (κ1) is 4.17. The molecule has 0 aromatic heterocycles. The molecule has 1 heterocycles. The molecule has 1 rings (SSSR count). The van der Waals surface area contributed by atoms with E-state index in [9.17, 15) is 4.57 Å². The molecule has 1 saturated heterocycles. The van der Waals surface area contributed by atoms with Crippen molar-refractivity contribution in [1.29, 1.82) is 0 Å². The maximum absolute atomic E-state index is 13.1. The highest BCUT2D eigenvalue weighted by molar-refractivity contribution is 7.54. The van der Waals surface area contributed by atoms with Crippen LogP contribution in [0.1, 0.15) is 20.1 Å². The molecule has 1 aliphatic heterocycles. The third-order valence-corrected chi connectivity index (χ3v) is 3.02. The first-order valence-electron chi connectivity index (χ1n) is 8.84. The van der Waals surface area contributed by atoms with Crippen molar-refractivity contribution in [3.63, 3.8) is 0 Å². The fraction of sp³-hybridized carbons (Fsp3) is 1.00. The van der Waals surface area contributed by atoms with Gasteiger partial charge in [0.2, 0.25) is 0 Å². The molecule has 1 unspecified atom stereocenters. The predicted octanol–water partition coefficient (Wildman–Crippen LogP) is 1.88. The Morgan fingerprint density at radius 1 is 1.79 bits per heavy atom. The van der Waals surface area contributed by atoms with Gasteiger partial charge in [-0.25, -0.2) is 9.75 Å². The zero-order valence-electron chi connectivity index (χ0n) is 17.8. The molecule has 1 fully saturated rings. The van der Waals surface area contributed by atoms with Crippen LogP contribution in [-0.4, -0.2) is 42.5 Å². The van der Waals surface area contributed by atoms with Crippen LogP contribution < -0.4 is 5.08 Å². The van der Waals surface area contributed by atoms with Crippen LogP contribution in [0.15, 0.2) is 0 Å². The molecule has 7 heteroatoms. The molecule has 0 saturated carbocycles. The molecule has 14 heavy (non-hydrogen) atoms. The number of rotatable bonds is 5. The summed E-state index contributed by atoms with van der Waals surface area (Å²) < 4.78 is 101. The maximum atomic E-state index is 13.1. The van der Waals surface area contributed by atoms with Gasteiger partial charge in [0.15, 0.2) is 0 Å². The van der Waals surface area contributed by atoms with E-state index >= 15 is 0 Å². The van der Waals surface area contributed by atoms with Gasteiger partial charge in [-0.2, -0.15) is 0 Å². The SMILES string of the molecule is [2H]N1C([2H])([2H])C([2H])([2H])C([2H])([2H])OP1(=O)N(CC([2H])([2H])Cl)C([2H])([2H])CCl. The summed E-state index contributed by atoms with van der Waals surface area (Å²) in [5.41, 5.74) is 0. The lowest BCUT2D eigenvalue weighted by Crippen LogP contribution is -2.35. The van der Waals surface area contributed by atoms with Gasteiger partial charge in [0, 0.05) is 42.2 Å². The van der Waals surface area contributed by atoms with Crippen molar-refractivity contribution in [2.24, 2.45) is 0 Å². The molecular formula is C7H15Cl2N2O2P. The van der Waals surface area contributed by atoms with Gasteiger partial charge in [0.25, 0.3) is 0 Å². The molecule has 1 aliphatic rings. The summed E-state index contributed by atoms with van der Waals surface area (Å²) in [6.45, 7) is -11.1. The second-order valence-corrected chi connectivity index (χ2v) is 4.38. The van der Waals surface area contributed by atoms with Gasteiger partial charge >= 0.3 is 7.67 Å². The Labute approximate surface area is 110 Å². The zero-order valence-corrected chi connectivity index (χ0v) is 9.23. The monoisotopic (exact) mass is 271 g/mol. The van der Waals surface area contributed by atoms with Crippen LogP contribution in [-0.2, 0) is 9.09 Å². The minimum Gasteiger partial charge on any atom is -0.306 e. The summed E-state index contributed by atoms with van der Waals surface area (Å²) in [7, 11) is -5.31. The van der Waals surface area contributed by atoms with Crippen LogP contribution in [0.5, 0.6) is 0 Å². The standard InChI is InChI=1S/C7H15Cl2N2O2P/c8-2-5-11(6-3-9)14(12)10-4-1-7-13-14/h1-7H2,(H,10,12)/i1D2,2D2,4D2,6D2,7D2/hD. The van der Waals surface area contributed by atoms with Gasteiger partial charge in [0.05, 0.1) is 9.30 Å². The van der Waals surface area contributed by atoms with E-state index in [0.29, 0.717) is 0 Å². The van der Waals surface area contributed by atoms with Gasteiger partial charge in [-0.15, -0.1) is 23.2 Å². The summed E-state index contributed by atoms with van der Waals surface area (Å²) >= 11 is 10.8. The van der Waals surface area contributed by atoms with E-state index in [1.165, 1.54) is 0 Å². The van der Waals surface area contributed by atoms with E-state index in [1.807, 2.05) is 0 Å². The van der Waals surface area contributed by atoms with Crippen molar-refractivity contribution in [2.45, 2.75) is 6.37 Å². The molecule has 0 radical (unpaired) electrons. The Bertz CT molecular complexity index is 571. The predicted molar refractivity (Wildman–Crippen MR) is 59.2 cm³/mol. The van der Waals surface area contributed by atoms with Gasteiger partial charge in [-0.1, -0.05) is 0 Å². The lowest BCUT2D eigenvalue weighted by Gasteiger charge is -2.33. The molecule has 1 N–H and O–H groups in total. The third-order valence-electron chi connectivity index (χ3n) is 1.20. The molecule has 0 spiro atoms. The summed E-state index contributed by atoms with van der Waals surface area (Å²) in [6, 6.07) is 0. The third kappa shape index (κ3) is 3.37. The first-order chi connectivity index (χ1) is 10.8. The summed E-state index contributed by atoms with van der Waals surface area (Å²) in [5, 5.41) is -0.533. The van der Waals surface area contributed by atoms with Gasteiger partial charge in [-0.3, -0.25) is 4.57 Å². The Hall–Kier alpha value is 0.690. The normalized spacial score (nSPS) is 54.1. The van der Waals surface area contributed by atoms with Crippen molar-refractivity contribution in [1.82, 2.24) is 9.75 Å². The van der Waals surface area contributed by atoms with Crippen LogP contribution in [0.4, 0.5) is 0 Å². The molecule has 0 aliphatic carbocycles. The summed E-state index contributed by atoms with van der Waals surface area (Å²) in [4.78, 5) is 0. The second kappa shape index (κ2) is 6.31. The van der Waals surface area contributed by atoms with Gasteiger partial charge < -0.3 is 4.52 Å². The Morgan fingerprint density at radius 3 is 3.21 bits per heavy atom. The highest BCUT2D eigenvalue weighted by Gasteiger charge is 2.32. The van der Waals surface area contributed by atoms with Gasteiger partial charge in [0.1, 0.15) is 1.41 Å².